The van der Waals surface area contributed by atoms with Crippen molar-refractivity contribution in [1.29, 1.82) is 0 Å². The van der Waals surface area contributed by atoms with Crippen molar-refractivity contribution < 1.29 is 9.84 Å². The predicted octanol–water partition coefficient (Wildman–Crippen LogP) is 2.42. The molecular weight excluding hydrogens is 286 g/mol. The molecule has 21 heavy (non-hydrogen) atoms. The lowest BCUT2D eigenvalue weighted by atomic mass is 9.58. The van der Waals surface area contributed by atoms with Gasteiger partial charge in [-0.05, 0) is 19.8 Å². The first-order chi connectivity index (χ1) is 10.1. The molecule has 0 aromatic carbocycles. The van der Waals surface area contributed by atoms with Crippen molar-refractivity contribution in [3.63, 3.8) is 0 Å². The van der Waals surface area contributed by atoms with Crippen LogP contribution in [0.2, 0.25) is 0 Å². The van der Waals surface area contributed by atoms with Gasteiger partial charge in [0.25, 0.3) is 0 Å². The highest BCUT2D eigenvalue weighted by atomic mass is 32.1. The standard InChI is InChI=1S/C15H25N3O2S/c1-4-20-12-9-11(19)15(12)5-7-18(8-6-15)14-16-13(10(2)3)17-21-14/h10-12,19H,4-9H2,1-3H3/t11-,12-/m1/s1. The van der Waals surface area contributed by atoms with Gasteiger partial charge in [0.15, 0.2) is 0 Å². The molecule has 0 unspecified atom stereocenters. The van der Waals surface area contributed by atoms with E-state index in [9.17, 15) is 5.11 Å². The summed E-state index contributed by atoms with van der Waals surface area (Å²) in [7, 11) is 0. The second-order valence-electron chi connectivity index (χ2n) is 6.51. The fourth-order valence-corrected chi connectivity index (χ4v) is 4.38. The molecule has 6 heteroatoms. The number of anilines is 1. The first-order valence-electron chi connectivity index (χ1n) is 7.95. The van der Waals surface area contributed by atoms with E-state index in [-0.39, 0.29) is 17.6 Å². The van der Waals surface area contributed by atoms with Crippen molar-refractivity contribution in [2.45, 2.75) is 58.2 Å². The molecule has 0 radical (unpaired) electrons. The Hall–Kier alpha value is -0.720. The molecule has 1 saturated carbocycles. The molecule has 5 nitrogen and oxygen atoms in total. The van der Waals surface area contributed by atoms with Gasteiger partial charge >= 0.3 is 0 Å². The van der Waals surface area contributed by atoms with Crippen LogP contribution in [0.3, 0.4) is 0 Å². The molecule has 0 bridgehead atoms. The molecule has 3 rings (SSSR count). The fourth-order valence-electron chi connectivity index (χ4n) is 3.52. The van der Waals surface area contributed by atoms with E-state index in [1.807, 2.05) is 6.92 Å². The zero-order chi connectivity index (χ0) is 15.0. The highest BCUT2D eigenvalue weighted by Gasteiger charge is 2.56. The molecule has 1 saturated heterocycles. The third-order valence-corrected chi connectivity index (χ3v) is 5.81. The lowest BCUT2D eigenvalue weighted by Gasteiger charge is -2.56. The number of ether oxygens (including phenoxy) is 1. The molecule has 0 amide bonds. The highest BCUT2D eigenvalue weighted by Crippen LogP contribution is 2.51. The summed E-state index contributed by atoms with van der Waals surface area (Å²) in [6.45, 7) is 8.88. The van der Waals surface area contributed by atoms with E-state index in [4.69, 9.17) is 4.74 Å². The maximum Gasteiger partial charge on any atom is 0.205 e. The lowest BCUT2D eigenvalue weighted by Crippen LogP contribution is -2.62. The van der Waals surface area contributed by atoms with Crippen molar-refractivity contribution in [2.24, 2.45) is 5.41 Å². The maximum atomic E-state index is 10.2. The minimum absolute atomic E-state index is 0.0158. The molecule has 1 aliphatic heterocycles. The third kappa shape index (κ3) is 2.58. The van der Waals surface area contributed by atoms with Crippen LogP contribution in [0.4, 0.5) is 5.13 Å². The Morgan fingerprint density at radius 1 is 1.43 bits per heavy atom. The van der Waals surface area contributed by atoms with Crippen molar-refractivity contribution in [2.75, 3.05) is 24.6 Å². The van der Waals surface area contributed by atoms with E-state index < -0.39 is 0 Å². The highest BCUT2D eigenvalue weighted by molar-refractivity contribution is 7.09. The van der Waals surface area contributed by atoms with Gasteiger partial charge in [-0.15, -0.1) is 0 Å². The van der Waals surface area contributed by atoms with Crippen LogP contribution in [0.5, 0.6) is 0 Å². The molecular formula is C15H25N3O2S. The summed E-state index contributed by atoms with van der Waals surface area (Å²) < 4.78 is 10.2. The lowest BCUT2D eigenvalue weighted by molar-refractivity contribution is -0.199. The van der Waals surface area contributed by atoms with E-state index in [1.54, 1.807) is 0 Å². The van der Waals surface area contributed by atoms with Crippen LogP contribution in [0.15, 0.2) is 0 Å². The average molecular weight is 311 g/mol. The number of piperidine rings is 1. The van der Waals surface area contributed by atoms with Crippen LogP contribution < -0.4 is 4.90 Å². The third-order valence-electron chi connectivity index (χ3n) is 5.02. The summed E-state index contributed by atoms with van der Waals surface area (Å²) in [5, 5.41) is 11.3. The molecule has 2 heterocycles. The van der Waals surface area contributed by atoms with Crippen molar-refractivity contribution in [1.82, 2.24) is 9.36 Å². The predicted molar refractivity (Wildman–Crippen MR) is 83.9 cm³/mol. The number of nitrogens with zero attached hydrogens (tertiary/aromatic N) is 3. The van der Waals surface area contributed by atoms with Gasteiger partial charge in [0, 0.05) is 49.0 Å². The summed E-state index contributed by atoms with van der Waals surface area (Å²) >= 11 is 1.49. The molecule has 1 N–H and O–H groups in total. The number of aliphatic hydroxyl groups is 1. The smallest absolute Gasteiger partial charge is 0.205 e. The van der Waals surface area contributed by atoms with Crippen LogP contribution in [0, 0.1) is 5.41 Å². The van der Waals surface area contributed by atoms with Crippen molar-refractivity contribution in [3.05, 3.63) is 5.82 Å². The Morgan fingerprint density at radius 2 is 2.14 bits per heavy atom. The summed E-state index contributed by atoms with van der Waals surface area (Å²) in [5.74, 6) is 1.31. The van der Waals surface area contributed by atoms with E-state index in [1.165, 1.54) is 11.5 Å². The van der Waals surface area contributed by atoms with Gasteiger partial charge in [-0.3, -0.25) is 0 Å². The molecule has 2 atom stereocenters. The van der Waals surface area contributed by atoms with Crippen LogP contribution >= 0.6 is 11.5 Å². The van der Waals surface area contributed by atoms with Crippen LogP contribution in [-0.2, 0) is 4.74 Å². The number of aromatic nitrogens is 2. The van der Waals surface area contributed by atoms with Crippen LogP contribution in [0.25, 0.3) is 0 Å². The van der Waals surface area contributed by atoms with Gasteiger partial charge in [-0.1, -0.05) is 13.8 Å². The fraction of sp³-hybridized carbons (Fsp3) is 0.867. The summed E-state index contributed by atoms with van der Waals surface area (Å²) in [6, 6.07) is 0. The first kappa shape index (κ1) is 15.2. The largest absolute Gasteiger partial charge is 0.392 e. The molecule has 1 aromatic heterocycles. The number of hydrogen-bond donors (Lipinski definition) is 1. The average Bonchev–Trinajstić information content (AvgIpc) is 2.97. The van der Waals surface area contributed by atoms with Gasteiger partial charge in [0.1, 0.15) is 5.82 Å². The van der Waals surface area contributed by atoms with Gasteiger partial charge in [0.2, 0.25) is 5.13 Å². The van der Waals surface area contributed by atoms with Crippen molar-refractivity contribution >= 4 is 16.7 Å². The molecule has 1 spiro atoms. The van der Waals surface area contributed by atoms with E-state index >= 15 is 0 Å². The molecule has 2 aliphatic rings. The van der Waals surface area contributed by atoms with Crippen LogP contribution in [-0.4, -0.2) is 46.4 Å². The van der Waals surface area contributed by atoms with E-state index in [2.05, 4.69) is 28.1 Å². The monoisotopic (exact) mass is 311 g/mol. The second-order valence-corrected chi connectivity index (χ2v) is 7.24. The Labute approximate surface area is 130 Å². The minimum atomic E-state index is -0.197. The Morgan fingerprint density at radius 3 is 2.67 bits per heavy atom. The summed E-state index contributed by atoms with van der Waals surface area (Å²) in [6.07, 6.45) is 2.80. The van der Waals surface area contributed by atoms with E-state index in [0.717, 1.165) is 49.9 Å². The Bertz CT molecular complexity index is 481. The number of aliphatic hydroxyl groups excluding tert-OH is 1. The number of hydrogen-bond acceptors (Lipinski definition) is 6. The van der Waals surface area contributed by atoms with Crippen LogP contribution in [0.1, 0.15) is 51.8 Å². The van der Waals surface area contributed by atoms with Gasteiger partial charge in [0.05, 0.1) is 12.2 Å². The maximum absolute atomic E-state index is 10.2. The zero-order valence-electron chi connectivity index (χ0n) is 13.1. The SMILES string of the molecule is CCO[C@@H]1C[C@@H](O)C12CCN(c1nc(C(C)C)ns1)CC2. The quantitative estimate of drug-likeness (QED) is 0.925. The summed E-state index contributed by atoms with van der Waals surface area (Å²) in [5.41, 5.74) is -0.0158. The van der Waals surface area contributed by atoms with Crippen molar-refractivity contribution in [3.8, 4) is 0 Å². The summed E-state index contributed by atoms with van der Waals surface area (Å²) in [4.78, 5) is 6.95. The molecule has 118 valence electrons. The number of rotatable bonds is 4. The topological polar surface area (TPSA) is 58.5 Å². The first-order valence-corrected chi connectivity index (χ1v) is 8.72. The second kappa shape index (κ2) is 5.82. The zero-order valence-corrected chi connectivity index (χ0v) is 13.9. The van der Waals surface area contributed by atoms with E-state index in [0.29, 0.717) is 5.92 Å². The Kier molecular flexibility index (Phi) is 4.21. The normalized spacial score (nSPS) is 28.1. The minimum Gasteiger partial charge on any atom is -0.392 e. The molecule has 2 fully saturated rings. The molecule has 1 aliphatic carbocycles. The Balaban J connectivity index is 1.64. The van der Waals surface area contributed by atoms with Gasteiger partial charge in [-0.25, -0.2) is 4.98 Å². The molecule has 1 aromatic rings. The van der Waals surface area contributed by atoms with Gasteiger partial charge in [-0.2, -0.15) is 4.37 Å². The van der Waals surface area contributed by atoms with Gasteiger partial charge < -0.3 is 14.7 Å².